The predicted molar refractivity (Wildman–Crippen MR) is 87.3 cm³/mol. The molecule has 1 fully saturated rings. The number of amides is 1. The molecule has 108 valence electrons. The fraction of sp³-hybridized carbons (Fsp3) is 0.278. The highest BCUT2D eigenvalue weighted by molar-refractivity contribution is 8.00. The second kappa shape index (κ2) is 6.81. The lowest BCUT2D eigenvalue weighted by Gasteiger charge is -2.23. The molecule has 3 rings (SSSR count). The largest absolute Gasteiger partial charge is 0.341 e. The first-order valence-corrected chi connectivity index (χ1v) is 8.28. The number of nitrogens with zero attached hydrogens (tertiary/aromatic N) is 1. The van der Waals surface area contributed by atoms with Crippen molar-refractivity contribution in [2.75, 3.05) is 13.1 Å². The first-order chi connectivity index (χ1) is 10.3. The number of hydrogen-bond acceptors (Lipinski definition) is 2. The quantitative estimate of drug-likeness (QED) is 0.790. The second-order valence-electron chi connectivity index (χ2n) is 5.25. The van der Waals surface area contributed by atoms with Crippen LogP contribution < -0.4 is 0 Å². The van der Waals surface area contributed by atoms with Crippen LogP contribution in [0.15, 0.2) is 65.6 Å². The molecule has 0 aromatic heterocycles. The Kier molecular flexibility index (Phi) is 4.61. The SMILES string of the molecule is O=C(C(Sc1ccccc1)c1ccccc1)N1CCCC1. The Hall–Kier alpha value is -1.74. The summed E-state index contributed by atoms with van der Waals surface area (Å²) in [6.07, 6.45) is 2.26. The van der Waals surface area contributed by atoms with Crippen LogP contribution in [0.25, 0.3) is 0 Å². The van der Waals surface area contributed by atoms with E-state index in [-0.39, 0.29) is 11.2 Å². The molecular weight excluding hydrogens is 278 g/mol. The summed E-state index contributed by atoms with van der Waals surface area (Å²) in [5.41, 5.74) is 1.09. The number of benzene rings is 2. The Morgan fingerprint density at radius 3 is 2.10 bits per heavy atom. The minimum atomic E-state index is -0.147. The van der Waals surface area contributed by atoms with E-state index in [1.807, 2.05) is 41.3 Å². The molecule has 0 spiro atoms. The van der Waals surface area contributed by atoms with Crippen molar-refractivity contribution in [1.82, 2.24) is 4.90 Å². The molecule has 0 saturated carbocycles. The Labute approximate surface area is 130 Å². The molecule has 0 N–H and O–H groups in total. The van der Waals surface area contributed by atoms with Crippen molar-refractivity contribution in [1.29, 1.82) is 0 Å². The minimum absolute atomic E-state index is 0.147. The molecule has 1 aliphatic heterocycles. The summed E-state index contributed by atoms with van der Waals surface area (Å²) in [4.78, 5) is 16.0. The molecular formula is C18H19NOS. The average molecular weight is 297 g/mol. The second-order valence-corrected chi connectivity index (χ2v) is 6.43. The molecule has 0 bridgehead atoms. The van der Waals surface area contributed by atoms with E-state index in [9.17, 15) is 4.79 Å². The highest BCUT2D eigenvalue weighted by atomic mass is 32.2. The van der Waals surface area contributed by atoms with E-state index >= 15 is 0 Å². The number of rotatable bonds is 4. The third-order valence-electron chi connectivity index (χ3n) is 3.74. The summed E-state index contributed by atoms with van der Waals surface area (Å²) in [5.74, 6) is 0.243. The highest BCUT2D eigenvalue weighted by Crippen LogP contribution is 2.37. The normalized spacial score (nSPS) is 15.9. The number of hydrogen-bond donors (Lipinski definition) is 0. The van der Waals surface area contributed by atoms with E-state index in [2.05, 4.69) is 24.3 Å². The molecule has 3 heteroatoms. The molecule has 1 saturated heterocycles. The van der Waals surface area contributed by atoms with Crippen LogP contribution in [0.4, 0.5) is 0 Å². The number of thioether (sulfide) groups is 1. The van der Waals surface area contributed by atoms with Crippen molar-refractivity contribution in [2.24, 2.45) is 0 Å². The molecule has 1 atom stereocenters. The van der Waals surface area contributed by atoms with Gasteiger partial charge in [-0.2, -0.15) is 0 Å². The molecule has 2 aromatic rings. The van der Waals surface area contributed by atoms with Gasteiger partial charge in [-0.05, 0) is 30.5 Å². The summed E-state index contributed by atoms with van der Waals surface area (Å²) in [5, 5.41) is -0.147. The maximum Gasteiger partial charge on any atom is 0.240 e. The van der Waals surface area contributed by atoms with Gasteiger partial charge in [-0.1, -0.05) is 48.5 Å². The van der Waals surface area contributed by atoms with Crippen molar-refractivity contribution >= 4 is 17.7 Å². The van der Waals surface area contributed by atoms with Gasteiger partial charge in [-0.25, -0.2) is 0 Å². The van der Waals surface area contributed by atoms with Crippen LogP contribution in [-0.4, -0.2) is 23.9 Å². The molecule has 0 aliphatic carbocycles. The van der Waals surface area contributed by atoms with Gasteiger partial charge in [-0.3, -0.25) is 4.79 Å². The van der Waals surface area contributed by atoms with Gasteiger partial charge in [0.25, 0.3) is 0 Å². The van der Waals surface area contributed by atoms with Crippen LogP contribution in [0.5, 0.6) is 0 Å². The predicted octanol–water partition coefficient (Wildman–Crippen LogP) is 4.14. The summed E-state index contributed by atoms with van der Waals surface area (Å²) in [7, 11) is 0. The molecule has 1 amide bonds. The lowest BCUT2D eigenvalue weighted by Crippen LogP contribution is -2.31. The first-order valence-electron chi connectivity index (χ1n) is 7.40. The molecule has 0 radical (unpaired) electrons. The van der Waals surface area contributed by atoms with Crippen molar-refractivity contribution in [2.45, 2.75) is 23.0 Å². The van der Waals surface area contributed by atoms with Crippen LogP contribution in [-0.2, 0) is 4.79 Å². The Balaban J connectivity index is 1.85. The lowest BCUT2D eigenvalue weighted by molar-refractivity contribution is -0.129. The molecule has 1 unspecified atom stereocenters. The van der Waals surface area contributed by atoms with Crippen LogP contribution in [0.1, 0.15) is 23.7 Å². The van der Waals surface area contributed by atoms with Crippen LogP contribution in [0.3, 0.4) is 0 Å². The maximum absolute atomic E-state index is 12.9. The molecule has 2 nitrogen and oxygen atoms in total. The summed E-state index contributed by atoms with van der Waals surface area (Å²) >= 11 is 1.65. The summed E-state index contributed by atoms with van der Waals surface area (Å²) < 4.78 is 0. The summed E-state index contributed by atoms with van der Waals surface area (Å²) in [6, 6.07) is 20.3. The smallest absolute Gasteiger partial charge is 0.240 e. The van der Waals surface area contributed by atoms with Gasteiger partial charge in [0.1, 0.15) is 5.25 Å². The maximum atomic E-state index is 12.9. The fourth-order valence-corrected chi connectivity index (χ4v) is 3.76. The topological polar surface area (TPSA) is 20.3 Å². The Morgan fingerprint density at radius 1 is 0.905 bits per heavy atom. The zero-order chi connectivity index (χ0) is 14.5. The van der Waals surface area contributed by atoms with Gasteiger partial charge >= 0.3 is 0 Å². The minimum Gasteiger partial charge on any atom is -0.341 e. The van der Waals surface area contributed by atoms with Gasteiger partial charge in [0.15, 0.2) is 0 Å². The molecule has 1 heterocycles. The zero-order valence-corrected chi connectivity index (χ0v) is 12.8. The third-order valence-corrected chi connectivity index (χ3v) is 5.00. The monoisotopic (exact) mass is 297 g/mol. The van der Waals surface area contributed by atoms with Gasteiger partial charge in [0.2, 0.25) is 5.91 Å². The summed E-state index contributed by atoms with van der Waals surface area (Å²) in [6.45, 7) is 1.80. The van der Waals surface area contributed by atoms with E-state index < -0.39 is 0 Å². The van der Waals surface area contributed by atoms with Crippen molar-refractivity contribution in [3.63, 3.8) is 0 Å². The highest BCUT2D eigenvalue weighted by Gasteiger charge is 2.28. The van der Waals surface area contributed by atoms with E-state index in [0.29, 0.717) is 0 Å². The van der Waals surface area contributed by atoms with Gasteiger partial charge in [-0.15, -0.1) is 11.8 Å². The van der Waals surface area contributed by atoms with Gasteiger partial charge in [0.05, 0.1) is 0 Å². The molecule has 21 heavy (non-hydrogen) atoms. The first kappa shape index (κ1) is 14.2. The van der Waals surface area contributed by atoms with E-state index in [4.69, 9.17) is 0 Å². The fourth-order valence-electron chi connectivity index (χ4n) is 2.63. The van der Waals surface area contributed by atoms with E-state index in [1.165, 1.54) is 0 Å². The van der Waals surface area contributed by atoms with Gasteiger partial charge in [0, 0.05) is 18.0 Å². The molecule has 2 aromatic carbocycles. The lowest BCUT2D eigenvalue weighted by atomic mass is 10.1. The number of carbonyl (C=O) groups is 1. The third kappa shape index (κ3) is 3.48. The standard InChI is InChI=1S/C18H19NOS/c20-18(19-13-7-8-14-19)17(15-9-3-1-4-10-15)21-16-11-5-2-6-12-16/h1-6,9-12,17H,7-8,13-14H2. The van der Waals surface area contributed by atoms with Crippen LogP contribution >= 0.6 is 11.8 Å². The van der Waals surface area contributed by atoms with Crippen molar-refractivity contribution in [3.05, 3.63) is 66.2 Å². The molecule has 1 aliphatic rings. The number of likely N-dealkylation sites (tertiary alicyclic amines) is 1. The van der Waals surface area contributed by atoms with E-state index in [0.717, 1.165) is 36.4 Å². The van der Waals surface area contributed by atoms with E-state index in [1.54, 1.807) is 11.8 Å². The van der Waals surface area contributed by atoms with Crippen molar-refractivity contribution < 1.29 is 4.79 Å². The van der Waals surface area contributed by atoms with Crippen LogP contribution in [0, 0.1) is 0 Å². The number of carbonyl (C=O) groups excluding carboxylic acids is 1. The van der Waals surface area contributed by atoms with Crippen molar-refractivity contribution in [3.8, 4) is 0 Å². The Bertz CT molecular complexity index is 579. The van der Waals surface area contributed by atoms with Crippen LogP contribution in [0.2, 0.25) is 0 Å². The zero-order valence-electron chi connectivity index (χ0n) is 11.9. The Morgan fingerprint density at radius 2 is 1.48 bits per heavy atom. The van der Waals surface area contributed by atoms with Gasteiger partial charge < -0.3 is 4.90 Å². The average Bonchev–Trinajstić information content (AvgIpc) is 3.08.